The van der Waals surface area contributed by atoms with Gasteiger partial charge < -0.3 is 5.32 Å². The van der Waals surface area contributed by atoms with Crippen LogP contribution in [0.5, 0.6) is 0 Å². The lowest BCUT2D eigenvalue weighted by Crippen LogP contribution is -2.56. The molecule has 1 aliphatic heterocycles. The average molecular weight is 142 g/mol. The molecule has 0 bridgehead atoms. The summed E-state index contributed by atoms with van der Waals surface area (Å²) in [5, 5.41) is 3.56. The zero-order valence-electron chi connectivity index (χ0n) is 5.52. The van der Waals surface area contributed by atoms with Gasteiger partial charge in [-0.15, -0.1) is 0 Å². The first kappa shape index (κ1) is 6.05. The third kappa shape index (κ3) is 0.987. The highest BCUT2D eigenvalue weighted by Crippen LogP contribution is 2.35. The topological polar surface area (TPSA) is 12.0 Å². The molecule has 1 heterocycles. The molecule has 0 aromatic carbocycles. The summed E-state index contributed by atoms with van der Waals surface area (Å²) < 4.78 is 0. The van der Waals surface area contributed by atoms with Crippen LogP contribution in [0.2, 0.25) is 0 Å². The molecule has 9 heavy (non-hydrogen) atoms. The van der Waals surface area contributed by atoms with E-state index in [4.69, 9.17) is 0 Å². The van der Waals surface area contributed by atoms with Crippen molar-refractivity contribution < 1.29 is 0 Å². The number of thioether (sulfide) groups is 1. The molecule has 2 aliphatic rings. The summed E-state index contributed by atoms with van der Waals surface area (Å²) in [4.78, 5) is 0. The second-order valence-corrected chi connectivity index (χ2v) is 3.98. The van der Waals surface area contributed by atoms with Crippen LogP contribution in [-0.2, 0) is 0 Å². The van der Waals surface area contributed by atoms with E-state index in [1.807, 2.05) is 0 Å². The van der Waals surface area contributed by atoms with Gasteiger partial charge in [-0.3, -0.25) is 0 Å². The molecule has 1 nitrogen and oxygen atoms in total. The molecule has 1 saturated heterocycles. The zero-order chi connectivity index (χ0) is 6.16. The van der Waals surface area contributed by atoms with Gasteiger partial charge in [0.05, 0.1) is 0 Å². The SMILES string of the molecule is [CH]1CCC12CSCCN2. The van der Waals surface area contributed by atoms with Crippen molar-refractivity contribution in [2.45, 2.75) is 18.4 Å². The van der Waals surface area contributed by atoms with Crippen LogP contribution in [0.25, 0.3) is 0 Å². The van der Waals surface area contributed by atoms with E-state index >= 15 is 0 Å². The van der Waals surface area contributed by atoms with Crippen LogP contribution in [0.3, 0.4) is 0 Å². The fraction of sp³-hybridized carbons (Fsp3) is 0.857. The van der Waals surface area contributed by atoms with Crippen molar-refractivity contribution in [2.24, 2.45) is 0 Å². The standard InChI is InChI=1S/C7H12NS/c1-2-7(3-1)6-9-5-4-8-7/h2,8H,1,3-6H2. The maximum absolute atomic E-state index is 3.56. The largest absolute Gasteiger partial charge is 0.309 e. The molecule has 1 spiro atoms. The van der Waals surface area contributed by atoms with Crippen molar-refractivity contribution in [1.29, 1.82) is 0 Å². The molecule has 51 valence electrons. The Bertz CT molecular complexity index is 101. The van der Waals surface area contributed by atoms with Gasteiger partial charge in [0.1, 0.15) is 0 Å². The lowest BCUT2D eigenvalue weighted by atomic mass is 9.78. The van der Waals surface area contributed by atoms with E-state index in [0.29, 0.717) is 5.54 Å². The molecular weight excluding hydrogens is 130 g/mol. The Balaban J connectivity index is 1.93. The van der Waals surface area contributed by atoms with E-state index < -0.39 is 0 Å². The van der Waals surface area contributed by atoms with Gasteiger partial charge >= 0.3 is 0 Å². The van der Waals surface area contributed by atoms with Gasteiger partial charge in [-0.05, 0) is 19.3 Å². The van der Waals surface area contributed by atoms with E-state index in [1.54, 1.807) is 0 Å². The molecule has 1 aliphatic carbocycles. The quantitative estimate of drug-likeness (QED) is 0.543. The summed E-state index contributed by atoms with van der Waals surface area (Å²) in [5.74, 6) is 2.61. The molecule has 2 fully saturated rings. The molecule has 0 amide bonds. The van der Waals surface area contributed by atoms with Crippen LogP contribution in [0.1, 0.15) is 12.8 Å². The van der Waals surface area contributed by atoms with Crippen molar-refractivity contribution in [3.05, 3.63) is 6.42 Å². The molecule has 2 rings (SSSR count). The third-order valence-electron chi connectivity index (χ3n) is 2.21. The van der Waals surface area contributed by atoms with E-state index in [0.717, 1.165) is 0 Å². The summed E-state index contributed by atoms with van der Waals surface area (Å²) in [6, 6.07) is 0. The fourth-order valence-corrected chi connectivity index (χ4v) is 2.58. The van der Waals surface area contributed by atoms with Crippen LogP contribution in [-0.4, -0.2) is 23.6 Å². The molecule has 1 atom stereocenters. The van der Waals surface area contributed by atoms with Crippen molar-refractivity contribution in [1.82, 2.24) is 5.32 Å². The summed E-state index contributed by atoms with van der Waals surface area (Å²) in [7, 11) is 0. The maximum Gasteiger partial charge on any atom is 0.0303 e. The van der Waals surface area contributed by atoms with Crippen LogP contribution in [0.15, 0.2) is 0 Å². The van der Waals surface area contributed by atoms with Gasteiger partial charge in [0, 0.05) is 23.6 Å². The second-order valence-electron chi connectivity index (χ2n) is 2.88. The molecule has 1 radical (unpaired) electrons. The first-order valence-electron chi connectivity index (χ1n) is 3.58. The summed E-state index contributed by atoms with van der Waals surface area (Å²) in [5.41, 5.74) is 0.489. The van der Waals surface area contributed by atoms with Crippen molar-refractivity contribution in [2.75, 3.05) is 18.1 Å². The highest BCUT2D eigenvalue weighted by Gasteiger charge is 2.37. The minimum Gasteiger partial charge on any atom is -0.309 e. The number of rotatable bonds is 0. The van der Waals surface area contributed by atoms with E-state index in [-0.39, 0.29) is 0 Å². The molecule has 0 aromatic heterocycles. The fourth-order valence-electron chi connectivity index (χ4n) is 1.46. The van der Waals surface area contributed by atoms with Gasteiger partial charge in [0.15, 0.2) is 0 Å². The number of hydrogen-bond acceptors (Lipinski definition) is 2. The van der Waals surface area contributed by atoms with Gasteiger partial charge in [-0.2, -0.15) is 11.8 Å². The Labute approximate surface area is 60.6 Å². The monoisotopic (exact) mass is 142 g/mol. The molecule has 2 heteroatoms. The van der Waals surface area contributed by atoms with Crippen LogP contribution >= 0.6 is 11.8 Å². The Morgan fingerprint density at radius 1 is 1.56 bits per heavy atom. The Morgan fingerprint density at radius 2 is 2.44 bits per heavy atom. The first-order valence-corrected chi connectivity index (χ1v) is 4.74. The lowest BCUT2D eigenvalue weighted by Gasteiger charge is -2.45. The molecule has 0 aromatic rings. The first-order chi connectivity index (χ1) is 4.41. The minimum atomic E-state index is 0.489. The van der Waals surface area contributed by atoms with Gasteiger partial charge in [-0.25, -0.2) is 0 Å². The summed E-state index contributed by atoms with van der Waals surface area (Å²) in [6.07, 6.45) is 5.13. The maximum atomic E-state index is 3.56. The van der Waals surface area contributed by atoms with Gasteiger partial charge in [-0.1, -0.05) is 0 Å². The minimum absolute atomic E-state index is 0.489. The normalized spacial score (nSPS) is 32.0. The van der Waals surface area contributed by atoms with Crippen LogP contribution < -0.4 is 5.32 Å². The van der Waals surface area contributed by atoms with Gasteiger partial charge in [0.25, 0.3) is 0 Å². The van der Waals surface area contributed by atoms with E-state index in [2.05, 4.69) is 23.5 Å². The van der Waals surface area contributed by atoms with Crippen LogP contribution in [0.4, 0.5) is 0 Å². The molecule has 1 unspecified atom stereocenters. The smallest absolute Gasteiger partial charge is 0.0303 e. The van der Waals surface area contributed by atoms with Crippen molar-refractivity contribution in [3.63, 3.8) is 0 Å². The highest BCUT2D eigenvalue weighted by molar-refractivity contribution is 7.99. The highest BCUT2D eigenvalue weighted by atomic mass is 32.2. The summed E-state index contributed by atoms with van der Waals surface area (Å²) >= 11 is 2.08. The van der Waals surface area contributed by atoms with Crippen molar-refractivity contribution >= 4 is 11.8 Å². The summed E-state index contributed by atoms with van der Waals surface area (Å²) in [6.45, 7) is 1.21. The Kier molecular flexibility index (Phi) is 1.46. The lowest BCUT2D eigenvalue weighted by molar-refractivity contribution is 0.305. The average Bonchev–Trinajstić information content (AvgIpc) is 1.87. The van der Waals surface area contributed by atoms with Gasteiger partial charge in [0.2, 0.25) is 0 Å². The van der Waals surface area contributed by atoms with Crippen LogP contribution in [0, 0.1) is 6.42 Å². The predicted molar refractivity (Wildman–Crippen MR) is 41.6 cm³/mol. The molecule has 1 saturated carbocycles. The number of hydrogen-bond donors (Lipinski definition) is 1. The Hall–Kier alpha value is 0.310. The van der Waals surface area contributed by atoms with E-state index in [9.17, 15) is 0 Å². The predicted octanol–water partition coefficient (Wildman–Crippen LogP) is 1.06. The van der Waals surface area contributed by atoms with Crippen molar-refractivity contribution in [3.8, 4) is 0 Å². The molecular formula is C7H12NS. The Morgan fingerprint density at radius 3 is 2.78 bits per heavy atom. The zero-order valence-corrected chi connectivity index (χ0v) is 6.34. The number of nitrogens with one attached hydrogen (secondary N) is 1. The third-order valence-corrected chi connectivity index (χ3v) is 3.42. The second kappa shape index (κ2) is 2.17. The van der Waals surface area contributed by atoms with E-state index in [1.165, 1.54) is 30.9 Å². The molecule has 1 N–H and O–H groups in total.